The molecule has 0 bridgehead atoms. The van der Waals surface area contributed by atoms with Crippen LogP contribution in [0.5, 0.6) is 11.5 Å². The van der Waals surface area contributed by atoms with Gasteiger partial charge in [-0.05, 0) is 54.4 Å². The van der Waals surface area contributed by atoms with E-state index in [1.54, 1.807) is 12.1 Å². The molecular weight excluding hydrogens is 236 g/mol. The molecule has 2 aromatic rings. The van der Waals surface area contributed by atoms with Gasteiger partial charge in [-0.1, -0.05) is 17.7 Å². The van der Waals surface area contributed by atoms with Crippen molar-refractivity contribution in [1.82, 2.24) is 0 Å². The molecule has 17 heavy (non-hydrogen) atoms. The Balaban J connectivity index is 2.19. The van der Waals surface area contributed by atoms with Crippen LogP contribution in [-0.2, 0) is 6.61 Å². The van der Waals surface area contributed by atoms with E-state index in [1.165, 1.54) is 0 Å². The summed E-state index contributed by atoms with van der Waals surface area (Å²) >= 11 is 5.80. The van der Waals surface area contributed by atoms with Crippen molar-refractivity contribution in [2.45, 2.75) is 13.5 Å². The summed E-state index contributed by atoms with van der Waals surface area (Å²) in [5, 5.41) is 9.76. The Morgan fingerprint density at radius 1 is 1.06 bits per heavy atom. The largest absolute Gasteiger partial charge is 0.457 e. The van der Waals surface area contributed by atoms with Gasteiger partial charge in [0.1, 0.15) is 11.5 Å². The zero-order valence-electron chi connectivity index (χ0n) is 9.48. The van der Waals surface area contributed by atoms with Crippen molar-refractivity contribution in [1.29, 1.82) is 0 Å². The molecule has 2 nitrogen and oxygen atoms in total. The highest BCUT2D eigenvalue weighted by atomic mass is 35.5. The monoisotopic (exact) mass is 248 g/mol. The molecule has 0 spiro atoms. The molecule has 1 N–H and O–H groups in total. The average molecular weight is 249 g/mol. The van der Waals surface area contributed by atoms with Gasteiger partial charge >= 0.3 is 0 Å². The first kappa shape index (κ1) is 12.0. The van der Waals surface area contributed by atoms with Gasteiger partial charge in [-0.25, -0.2) is 0 Å². The summed E-state index contributed by atoms with van der Waals surface area (Å²) in [7, 11) is 0. The van der Waals surface area contributed by atoms with Crippen LogP contribution < -0.4 is 4.74 Å². The smallest absolute Gasteiger partial charge is 0.127 e. The molecule has 88 valence electrons. The lowest BCUT2D eigenvalue weighted by molar-refractivity contribution is 0.281. The number of aliphatic hydroxyl groups is 1. The SMILES string of the molecule is Cc1cc(Oc2ccc(Cl)cc2)ccc1CO. The third kappa shape index (κ3) is 2.99. The lowest BCUT2D eigenvalue weighted by Gasteiger charge is -2.08. The number of rotatable bonds is 3. The van der Waals surface area contributed by atoms with E-state index in [4.69, 9.17) is 21.4 Å². The van der Waals surface area contributed by atoms with Gasteiger partial charge in [0.2, 0.25) is 0 Å². The number of hydrogen-bond donors (Lipinski definition) is 1. The molecule has 0 aromatic heterocycles. The number of halogens is 1. The zero-order chi connectivity index (χ0) is 12.3. The highest BCUT2D eigenvalue weighted by Crippen LogP contribution is 2.25. The van der Waals surface area contributed by atoms with E-state index >= 15 is 0 Å². The van der Waals surface area contributed by atoms with Crippen LogP contribution in [0.15, 0.2) is 42.5 Å². The highest BCUT2D eigenvalue weighted by Gasteiger charge is 2.01. The van der Waals surface area contributed by atoms with Crippen molar-refractivity contribution in [2.75, 3.05) is 0 Å². The number of aliphatic hydroxyl groups excluding tert-OH is 1. The van der Waals surface area contributed by atoms with Gasteiger partial charge in [0, 0.05) is 5.02 Å². The lowest BCUT2D eigenvalue weighted by Crippen LogP contribution is -1.90. The van der Waals surface area contributed by atoms with Crippen LogP contribution in [0.25, 0.3) is 0 Å². The number of benzene rings is 2. The minimum absolute atomic E-state index is 0.0487. The zero-order valence-corrected chi connectivity index (χ0v) is 10.2. The molecule has 0 fully saturated rings. The van der Waals surface area contributed by atoms with Gasteiger partial charge in [-0.3, -0.25) is 0 Å². The quantitative estimate of drug-likeness (QED) is 0.892. The first-order valence-electron chi connectivity index (χ1n) is 5.33. The first-order chi connectivity index (χ1) is 8.19. The maximum absolute atomic E-state index is 9.07. The lowest BCUT2D eigenvalue weighted by atomic mass is 10.1. The second-order valence-corrected chi connectivity index (χ2v) is 4.24. The number of hydrogen-bond acceptors (Lipinski definition) is 2. The summed E-state index contributed by atoms with van der Waals surface area (Å²) in [6, 6.07) is 12.8. The molecule has 2 aromatic carbocycles. The molecule has 0 saturated carbocycles. The molecule has 3 heteroatoms. The van der Waals surface area contributed by atoms with Crippen LogP contribution in [0.1, 0.15) is 11.1 Å². The maximum Gasteiger partial charge on any atom is 0.127 e. The summed E-state index contributed by atoms with van der Waals surface area (Å²) in [6.07, 6.45) is 0. The summed E-state index contributed by atoms with van der Waals surface area (Å²) in [4.78, 5) is 0. The third-order valence-electron chi connectivity index (χ3n) is 2.53. The first-order valence-corrected chi connectivity index (χ1v) is 5.70. The number of ether oxygens (including phenoxy) is 1. The predicted molar refractivity (Wildman–Crippen MR) is 68.6 cm³/mol. The molecule has 0 amide bonds. The third-order valence-corrected chi connectivity index (χ3v) is 2.79. The van der Waals surface area contributed by atoms with Crippen LogP contribution in [0.4, 0.5) is 0 Å². The predicted octanol–water partition coefficient (Wildman–Crippen LogP) is 3.93. The molecule has 0 radical (unpaired) electrons. The molecule has 0 heterocycles. The van der Waals surface area contributed by atoms with E-state index in [-0.39, 0.29) is 6.61 Å². The summed E-state index contributed by atoms with van der Waals surface area (Å²) in [5.74, 6) is 1.49. The van der Waals surface area contributed by atoms with Gasteiger partial charge in [0.25, 0.3) is 0 Å². The normalized spacial score (nSPS) is 10.3. The molecule has 0 atom stereocenters. The van der Waals surface area contributed by atoms with E-state index in [1.807, 2.05) is 37.3 Å². The van der Waals surface area contributed by atoms with E-state index < -0.39 is 0 Å². The Labute approximate surface area is 105 Å². The van der Waals surface area contributed by atoms with E-state index in [2.05, 4.69) is 0 Å². The average Bonchev–Trinajstić information content (AvgIpc) is 2.32. The van der Waals surface area contributed by atoms with Crippen molar-refractivity contribution in [3.05, 3.63) is 58.6 Å². The van der Waals surface area contributed by atoms with E-state index in [0.717, 1.165) is 22.6 Å². The molecular formula is C14H13ClO2. The van der Waals surface area contributed by atoms with E-state index in [0.29, 0.717) is 5.02 Å². The minimum Gasteiger partial charge on any atom is -0.457 e. The van der Waals surface area contributed by atoms with Crippen LogP contribution in [0, 0.1) is 6.92 Å². The maximum atomic E-state index is 9.07. The van der Waals surface area contributed by atoms with Crippen molar-refractivity contribution >= 4 is 11.6 Å². The van der Waals surface area contributed by atoms with Crippen molar-refractivity contribution < 1.29 is 9.84 Å². The topological polar surface area (TPSA) is 29.5 Å². The molecule has 0 unspecified atom stereocenters. The van der Waals surface area contributed by atoms with Gasteiger partial charge in [0.15, 0.2) is 0 Å². The Kier molecular flexibility index (Phi) is 3.67. The summed E-state index contributed by atoms with van der Waals surface area (Å²) in [5.41, 5.74) is 1.92. The summed E-state index contributed by atoms with van der Waals surface area (Å²) < 4.78 is 5.67. The highest BCUT2D eigenvalue weighted by molar-refractivity contribution is 6.30. The van der Waals surface area contributed by atoms with Gasteiger partial charge in [-0.2, -0.15) is 0 Å². The minimum atomic E-state index is 0.0487. The summed E-state index contributed by atoms with van der Waals surface area (Å²) in [6.45, 7) is 1.99. The second kappa shape index (κ2) is 5.21. The van der Waals surface area contributed by atoms with Crippen molar-refractivity contribution in [2.24, 2.45) is 0 Å². The van der Waals surface area contributed by atoms with Crippen molar-refractivity contribution in [3.8, 4) is 11.5 Å². The van der Waals surface area contributed by atoms with Crippen LogP contribution in [-0.4, -0.2) is 5.11 Å². The van der Waals surface area contributed by atoms with Crippen LogP contribution in [0.3, 0.4) is 0 Å². The van der Waals surface area contributed by atoms with Crippen LogP contribution >= 0.6 is 11.6 Å². The second-order valence-electron chi connectivity index (χ2n) is 3.80. The molecule has 0 aliphatic heterocycles. The van der Waals surface area contributed by atoms with Crippen molar-refractivity contribution in [3.63, 3.8) is 0 Å². The Hall–Kier alpha value is -1.51. The van der Waals surface area contributed by atoms with Gasteiger partial charge in [0.05, 0.1) is 6.61 Å². The Morgan fingerprint density at radius 3 is 2.29 bits per heavy atom. The molecule has 0 saturated heterocycles. The number of aryl methyl sites for hydroxylation is 1. The van der Waals surface area contributed by atoms with Gasteiger partial charge < -0.3 is 9.84 Å². The van der Waals surface area contributed by atoms with E-state index in [9.17, 15) is 0 Å². The molecule has 2 rings (SSSR count). The van der Waals surface area contributed by atoms with Crippen LogP contribution in [0.2, 0.25) is 5.02 Å². The fourth-order valence-electron chi connectivity index (χ4n) is 1.55. The Bertz CT molecular complexity index is 506. The fraction of sp³-hybridized carbons (Fsp3) is 0.143. The molecule has 0 aliphatic rings. The molecule has 0 aliphatic carbocycles. The fourth-order valence-corrected chi connectivity index (χ4v) is 1.67. The van der Waals surface area contributed by atoms with Gasteiger partial charge in [-0.15, -0.1) is 0 Å². The Morgan fingerprint density at radius 2 is 1.71 bits per heavy atom. The standard InChI is InChI=1S/C14H13ClO2/c1-10-8-14(5-2-11(10)9-16)17-13-6-3-12(15)4-7-13/h2-8,16H,9H2,1H3.